The molecule has 8 heteroatoms. The molecule has 0 saturated heterocycles. The van der Waals surface area contributed by atoms with Gasteiger partial charge in [0.1, 0.15) is 23.1 Å². The molecule has 29 heavy (non-hydrogen) atoms. The summed E-state index contributed by atoms with van der Waals surface area (Å²) >= 11 is 0. The summed E-state index contributed by atoms with van der Waals surface area (Å²) in [5, 5.41) is 6.51. The molecule has 160 valence electrons. The van der Waals surface area contributed by atoms with Gasteiger partial charge < -0.3 is 24.8 Å². The molecule has 0 radical (unpaired) electrons. The van der Waals surface area contributed by atoms with Crippen LogP contribution in [0.4, 0.5) is 4.39 Å². The van der Waals surface area contributed by atoms with Gasteiger partial charge in [-0.1, -0.05) is 12.1 Å². The number of halogens is 2. The van der Waals surface area contributed by atoms with Crippen LogP contribution in [0.15, 0.2) is 41.4 Å². The van der Waals surface area contributed by atoms with Crippen molar-refractivity contribution in [2.24, 2.45) is 4.99 Å². The van der Waals surface area contributed by atoms with Gasteiger partial charge in [0.05, 0.1) is 27.9 Å². The largest absolute Gasteiger partial charge is 0.496 e. The summed E-state index contributed by atoms with van der Waals surface area (Å²) in [5.41, 5.74) is 1.89. The second-order valence-electron chi connectivity index (χ2n) is 6.01. The Kier molecular flexibility index (Phi) is 11.2. The molecular weight excluding hydrogens is 488 g/mol. The Morgan fingerprint density at radius 3 is 2.10 bits per heavy atom. The monoisotopic (exact) mass is 517 g/mol. The van der Waals surface area contributed by atoms with Crippen LogP contribution in [0.1, 0.15) is 18.1 Å². The first kappa shape index (κ1) is 24.8. The minimum absolute atomic E-state index is 0. The third kappa shape index (κ3) is 7.60. The fourth-order valence-corrected chi connectivity index (χ4v) is 2.73. The minimum Gasteiger partial charge on any atom is -0.496 e. The van der Waals surface area contributed by atoms with E-state index in [-0.39, 0.29) is 29.8 Å². The van der Waals surface area contributed by atoms with Crippen molar-refractivity contribution in [3.63, 3.8) is 0 Å². The standard InChI is InChI=1S/C21H28FN3O3.HI/c1-5-23-21(25-14-15-6-8-16(22)9-7-15)24-11-10-18-19(27-3)12-17(26-2)13-20(18)28-4;/h6-9,12-13H,5,10-11,14H2,1-4H3,(H2,23,24,25);1H. The number of benzene rings is 2. The molecule has 0 atom stereocenters. The lowest BCUT2D eigenvalue weighted by molar-refractivity contribution is 0.368. The van der Waals surface area contributed by atoms with Gasteiger partial charge in [-0.3, -0.25) is 0 Å². The lowest BCUT2D eigenvalue weighted by atomic mass is 10.1. The van der Waals surface area contributed by atoms with E-state index >= 15 is 0 Å². The fraction of sp³-hybridized carbons (Fsp3) is 0.381. The molecule has 0 bridgehead atoms. The van der Waals surface area contributed by atoms with Crippen LogP contribution in [0.5, 0.6) is 17.2 Å². The summed E-state index contributed by atoms with van der Waals surface area (Å²) in [7, 11) is 4.86. The van der Waals surface area contributed by atoms with Crippen LogP contribution < -0.4 is 24.8 Å². The normalized spacial score (nSPS) is 10.7. The fourth-order valence-electron chi connectivity index (χ4n) is 2.73. The van der Waals surface area contributed by atoms with Crippen LogP contribution >= 0.6 is 24.0 Å². The van der Waals surface area contributed by atoms with Gasteiger partial charge in [0.2, 0.25) is 0 Å². The number of aliphatic imine (C=N–C) groups is 1. The number of hydrogen-bond donors (Lipinski definition) is 2. The molecule has 0 aliphatic carbocycles. The zero-order valence-corrected chi connectivity index (χ0v) is 19.6. The van der Waals surface area contributed by atoms with Crippen LogP contribution in [0.3, 0.4) is 0 Å². The van der Waals surface area contributed by atoms with Crippen molar-refractivity contribution < 1.29 is 18.6 Å². The van der Waals surface area contributed by atoms with Gasteiger partial charge in [-0.25, -0.2) is 9.38 Å². The molecule has 0 aromatic heterocycles. The maximum absolute atomic E-state index is 13.0. The van der Waals surface area contributed by atoms with Gasteiger partial charge in [0.15, 0.2) is 5.96 Å². The number of nitrogens with one attached hydrogen (secondary N) is 2. The Hall–Kier alpha value is -2.23. The van der Waals surface area contributed by atoms with E-state index in [0.29, 0.717) is 42.7 Å². The van der Waals surface area contributed by atoms with Gasteiger partial charge in [0, 0.05) is 30.8 Å². The maximum atomic E-state index is 13.0. The first-order chi connectivity index (χ1) is 13.6. The van der Waals surface area contributed by atoms with Crippen LogP contribution in [-0.4, -0.2) is 40.4 Å². The lowest BCUT2D eigenvalue weighted by Crippen LogP contribution is -2.38. The molecule has 2 rings (SSSR count). The van der Waals surface area contributed by atoms with Gasteiger partial charge in [-0.2, -0.15) is 0 Å². The molecule has 6 nitrogen and oxygen atoms in total. The van der Waals surface area contributed by atoms with Crippen molar-refractivity contribution in [1.82, 2.24) is 10.6 Å². The molecular formula is C21H29FIN3O3. The average Bonchev–Trinajstić information content (AvgIpc) is 2.72. The first-order valence-corrected chi connectivity index (χ1v) is 9.16. The zero-order chi connectivity index (χ0) is 20.4. The van der Waals surface area contributed by atoms with E-state index < -0.39 is 0 Å². The third-order valence-corrected chi connectivity index (χ3v) is 4.16. The van der Waals surface area contributed by atoms with Crippen molar-refractivity contribution in [2.45, 2.75) is 19.9 Å². The highest BCUT2D eigenvalue weighted by Gasteiger charge is 2.13. The number of guanidine groups is 1. The van der Waals surface area contributed by atoms with Gasteiger partial charge in [-0.15, -0.1) is 24.0 Å². The quantitative estimate of drug-likeness (QED) is 0.301. The van der Waals surface area contributed by atoms with Crippen molar-refractivity contribution >= 4 is 29.9 Å². The van der Waals surface area contributed by atoms with Crippen molar-refractivity contribution in [1.29, 1.82) is 0 Å². The van der Waals surface area contributed by atoms with E-state index in [1.807, 2.05) is 19.1 Å². The highest BCUT2D eigenvalue weighted by atomic mass is 127. The van der Waals surface area contributed by atoms with Crippen molar-refractivity contribution in [3.8, 4) is 17.2 Å². The molecule has 2 aromatic rings. The van der Waals surface area contributed by atoms with Crippen molar-refractivity contribution in [2.75, 3.05) is 34.4 Å². The number of ether oxygens (including phenoxy) is 3. The van der Waals surface area contributed by atoms with E-state index in [9.17, 15) is 4.39 Å². The van der Waals surface area contributed by atoms with Gasteiger partial charge in [-0.05, 0) is 31.0 Å². The molecule has 2 aromatic carbocycles. The van der Waals surface area contributed by atoms with Crippen molar-refractivity contribution in [3.05, 3.63) is 53.3 Å². The van der Waals surface area contributed by atoms with Crippen LogP contribution in [-0.2, 0) is 13.0 Å². The Bertz CT molecular complexity index is 760. The molecule has 0 amide bonds. The first-order valence-electron chi connectivity index (χ1n) is 9.16. The zero-order valence-electron chi connectivity index (χ0n) is 17.3. The molecule has 2 N–H and O–H groups in total. The number of methoxy groups -OCH3 is 3. The van der Waals surface area contributed by atoms with Gasteiger partial charge in [0.25, 0.3) is 0 Å². The second-order valence-corrected chi connectivity index (χ2v) is 6.01. The Labute approximate surface area is 188 Å². The van der Waals surface area contributed by atoms with Gasteiger partial charge >= 0.3 is 0 Å². The summed E-state index contributed by atoms with van der Waals surface area (Å²) in [4.78, 5) is 4.55. The topological polar surface area (TPSA) is 64.1 Å². The van der Waals surface area contributed by atoms with Crippen LogP contribution in [0, 0.1) is 5.82 Å². The number of hydrogen-bond acceptors (Lipinski definition) is 4. The highest BCUT2D eigenvalue weighted by Crippen LogP contribution is 2.34. The summed E-state index contributed by atoms with van der Waals surface area (Å²) in [6, 6.07) is 10.0. The third-order valence-electron chi connectivity index (χ3n) is 4.16. The van der Waals surface area contributed by atoms with E-state index in [1.54, 1.807) is 33.5 Å². The average molecular weight is 517 g/mol. The molecule has 0 unspecified atom stereocenters. The van der Waals surface area contributed by atoms with E-state index in [2.05, 4.69) is 15.6 Å². The second kappa shape index (κ2) is 13.1. The summed E-state index contributed by atoms with van der Waals surface area (Å²) < 4.78 is 29.3. The van der Waals surface area contributed by atoms with E-state index in [1.165, 1.54) is 12.1 Å². The molecule has 0 fully saturated rings. The van der Waals surface area contributed by atoms with E-state index in [0.717, 1.165) is 17.7 Å². The highest BCUT2D eigenvalue weighted by molar-refractivity contribution is 14.0. The van der Waals surface area contributed by atoms with Crippen LogP contribution in [0.25, 0.3) is 0 Å². The Morgan fingerprint density at radius 1 is 0.966 bits per heavy atom. The predicted octanol–water partition coefficient (Wildman–Crippen LogP) is 3.77. The summed E-state index contributed by atoms with van der Waals surface area (Å²) in [6.07, 6.45) is 0.678. The SMILES string of the molecule is CCNC(=NCc1ccc(F)cc1)NCCc1c(OC)cc(OC)cc1OC.I. The molecule has 0 aliphatic heterocycles. The molecule has 0 heterocycles. The maximum Gasteiger partial charge on any atom is 0.191 e. The van der Waals surface area contributed by atoms with Crippen LogP contribution in [0.2, 0.25) is 0 Å². The minimum atomic E-state index is -0.250. The summed E-state index contributed by atoms with van der Waals surface area (Å²) in [5.74, 6) is 2.55. The molecule has 0 saturated carbocycles. The molecule has 0 aliphatic rings. The smallest absolute Gasteiger partial charge is 0.191 e. The number of nitrogens with zero attached hydrogens (tertiary/aromatic N) is 1. The van der Waals surface area contributed by atoms with E-state index in [4.69, 9.17) is 14.2 Å². The lowest BCUT2D eigenvalue weighted by Gasteiger charge is -2.16. The number of rotatable bonds is 9. The Morgan fingerprint density at radius 2 is 1.59 bits per heavy atom. The molecule has 0 spiro atoms. The summed E-state index contributed by atoms with van der Waals surface area (Å²) in [6.45, 7) is 3.84. The Balaban J connectivity index is 0.00000420. The predicted molar refractivity (Wildman–Crippen MR) is 124 cm³/mol.